The molecule has 0 fully saturated rings. The molecular formula is H4Cu2O2. The van der Waals surface area contributed by atoms with Crippen molar-refractivity contribution in [2.75, 3.05) is 0 Å². The van der Waals surface area contributed by atoms with Gasteiger partial charge in [-0.15, -0.1) is 0 Å². The van der Waals surface area contributed by atoms with E-state index in [1.54, 1.807) is 0 Å². The summed E-state index contributed by atoms with van der Waals surface area (Å²) in [5.41, 5.74) is 0. The van der Waals surface area contributed by atoms with Crippen molar-refractivity contribution in [2.45, 2.75) is 0 Å². The second-order valence-corrected chi connectivity index (χ2v) is 0. The molecule has 38 valence electrons. The SMILES string of the molecule is O.O.[Cu].[Cu]. The van der Waals surface area contributed by atoms with Gasteiger partial charge in [-0.2, -0.15) is 0 Å². The fourth-order valence-electron chi connectivity index (χ4n) is 0. The summed E-state index contributed by atoms with van der Waals surface area (Å²) < 4.78 is 0. The molecule has 2 nitrogen and oxygen atoms in total. The van der Waals surface area contributed by atoms with Crippen molar-refractivity contribution in [3.8, 4) is 0 Å². The number of hydrogen-bond donors (Lipinski definition) is 0. The maximum absolute atomic E-state index is 0. The van der Waals surface area contributed by atoms with Gasteiger partial charge in [0.15, 0.2) is 0 Å². The van der Waals surface area contributed by atoms with Crippen molar-refractivity contribution in [3.63, 3.8) is 0 Å². The second kappa shape index (κ2) is 37.7. The van der Waals surface area contributed by atoms with Crippen LogP contribution in [0, 0.1) is 0 Å². The van der Waals surface area contributed by atoms with Crippen molar-refractivity contribution >= 4 is 0 Å². The quantitative estimate of drug-likeness (QED) is 0.384. The Kier molecular flexibility index (Phi) is 796. The molecule has 0 heterocycles. The van der Waals surface area contributed by atoms with Gasteiger partial charge in [-0.3, -0.25) is 0 Å². The third kappa shape index (κ3) is 12.3. The first-order chi connectivity index (χ1) is 0. The van der Waals surface area contributed by atoms with E-state index in [-0.39, 0.29) is 45.1 Å². The molecular weight excluding hydrogens is 159 g/mol. The van der Waals surface area contributed by atoms with Gasteiger partial charge >= 0.3 is 0 Å². The zero-order chi connectivity index (χ0) is 0. The predicted octanol–water partition coefficient (Wildman–Crippen LogP) is -1.65. The Morgan fingerprint density at radius 3 is 0.500 bits per heavy atom. The van der Waals surface area contributed by atoms with Gasteiger partial charge in [-0.1, -0.05) is 0 Å². The van der Waals surface area contributed by atoms with E-state index in [4.69, 9.17) is 0 Å². The van der Waals surface area contributed by atoms with Crippen LogP contribution in [0.5, 0.6) is 0 Å². The molecule has 0 aromatic rings. The summed E-state index contributed by atoms with van der Waals surface area (Å²) in [5.74, 6) is 0. The normalized spacial score (nSPS) is 0. The fraction of sp³-hybridized carbons (Fsp3) is 0. The Morgan fingerprint density at radius 1 is 0.500 bits per heavy atom. The molecule has 0 amide bonds. The first-order valence-corrected chi connectivity index (χ1v) is 0. The molecule has 0 saturated heterocycles. The molecule has 0 aliphatic rings. The van der Waals surface area contributed by atoms with E-state index in [2.05, 4.69) is 0 Å². The zero-order valence-electron chi connectivity index (χ0n) is 1.60. The molecule has 0 spiro atoms. The predicted molar refractivity (Wildman–Crippen MR) is 7.23 cm³/mol. The maximum Gasteiger partial charge on any atom is 0 e. The van der Waals surface area contributed by atoms with Gasteiger partial charge in [-0.25, -0.2) is 0 Å². The van der Waals surface area contributed by atoms with E-state index >= 15 is 0 Å². The van der Waals surface area contributed by atoms with Crippen LogP contribution in [-0.2, 0) is 34.1 Å². The molecule has 0 aromatic carbocycles. The summed E-state index contributed by atoms with van der Waals surface area (Å²) in [6, 6.07) is 0. The molecule has 2 radical (unpaired) electrons. The van der Waals surface area contributed by atoms with Crippen LogP contribution >= 0.6 is 0 Å². The Bertz CT molecular complexity index is 4.00. The minimum atomic E-state index is 0. The summed E-state index contributed by atoms with van der Waals surface area (Å²) >= 11 is 0. The monoisotopic (exact) mass is 162 g/mol. The van der Waals surface area contributed by atoms with Crippen molar-refractivity contribution in [2.24, 2.45) is 0 Å². The smallest absolute Gasteiger partial charge is 0 e. The Labute approximate surface area is 45.5 Å². The fourth-order valence-corrected chi connectivity index (χ4v) is 0. The maximum atomic E-state index is 0. The third-order valence-corrected chi connectivity index (χ3v) is 0. The van der Waals surface area contributed by atoms with Crippen LogP contribution in [0.15, 0.2) is 0 Å². The van der Waals surface area contributed by atoms with E-state index in [1.807, 2.05) is 0 Å². The van der Waals surface area contributed by atoms with Crippen LogP contribution < -0.4 is 0 Å². The zero-order valence-corrected chi connectivity index (χ0v) is 3.49. The first-order valence-electron chi connectivity index (χ1n) is 0. The summed E-state index contributed by atoms with van der Waals surface area (Å²) in [5, 5.41) is 0. The van der Waals surface area contributed by atoms with Crippen LogP contribution in [0.1, 0.15) is 0 Å². The topological polar surface area (TPSA) is 63.0 Å². The van der Waals surface area contributed by atoms with E-state index in [0.717, 1.165) is 0 Å². The van der Waals surface area contributed by atoms with Gasteiger partial charge in [0.05, 0.1) is 0 Å². The summed E-state index contributed by atoms with van der Waals surface area (Å²) in [4.78, 5) is 0. The second-order valence-electron chi connectivity index (χ2n) is 0. The molecule has 0 aliphatic carbocycles. The molecule has 0 aliphatic heterocycles. The molecule has 4 N–H and O–H groups in total. The average Bonchev–Trinajstić information content (AvgIpc) is 0. The summed E-state index contributed by atoms with van der Waals surface area (Å²) in [6.07, 6.45) is 0. The van der Waals surface area contributed by atoms with Crippen molar-refractivity contribution < 1.29 is 45.1 Å². The molecule has 4 heteroatoms. The first kappa shape index (κ1) is 84.5. The van der Waals surface area contributed by atoms with Gasteiger partial charge in [0.2, 0.25) is 0 Å². The molecule has 0 aromatic heterocycles. The number of hydrogen-bond acceptors (Lipinski definition) is 0. The van der Waals surface area contributed by atoms with Crippen molar-refractivity contribution in [1.29, 1.82) is 0 Å². The van der Waals surface area contributed by atoms with Gasteiger partial charge in [0, 0.05) is 34.1 Å². The minimum absolute atomic E-state index is 0. The van der Waals surface area contributed by atoms with Gasteiger partial charge < -0.3 is 11.0 Å². The molecule has 0 bridgehead atoms. The Morgan fingerprint density at radius 2 is 0.500 bits per heavy atom. The van der Waals surface area contributed by atoms with E-state index < -0.39 is 0 Å². The summed E-state index contributed by atoms with van der Waals surface area (Å²) in [6.45, 7) is 0. The van der Waals surface area contributed by atoms with E-state index in [1.165, 1.54) is 0 Å². The van der Waals surface area contributed by atoms with Crippen LogP contribution in [0.25, 0.3) is 0 Å². The van der Waals surface area contributed by atoms with Crippen LogP contribution in [0.2, 0.25) is 0 Å². The average molecular weight is 163 g/mol. The Hall–Kier alpha value is 0.959. The van der Waals surface area contributed by atoms with Crippen LogP contribution in [0.4, 0.5) is 0 Å². The Balaban J connectivity index is 0. The van der Waals surface area contributed by atoms with Gasteiger partial charge in [-0.05, 0) is 0 Å². The van der Waals surface area contributed by atoms with E-state index in [0.29, 0.717) is 0 Å². The summed E-state index contributed by atoms with van der Waals surface area (Å²) in [7, 11) is 0. The van der Waals surface area contributed by atoms with Crippen molar-refractivity contribution in [1.82, 2.24) is 0 Å². The standard InChI is InChI=1S/2Cu.2H2O/h;;2*1H2. The molecule has 4 heavy (non-hydrogen) atoms. The minimum Gasteiger partial charge on any atom is -0.412 e. The van der Waals surface area contributed by atoms with Crippen LogP contribution in [-0.4, -0.2) is 11.0 Å². The molecule has 0 atom stereocenters. The van der Waals surface area contributed by atoms with Gasteiger partial charge in [0.1, 0.15) is 0 Å². The molecule has 0 unspecified atom stereocenters. The molecule has 0 rings (SSSR count). The van der Waals surface area contributed by atoms with Crippen molar-refractivity contribution in [3.05, 3.63) is 0 Å². The van der Waals surface area contributed by atoms with E-state index in [9.17, 15) is 0 Å². The third-order valence-electron chi connectivity index (χ3n) is 0. The van der Waals surface area contributed by atoms with Gasteiger partial charge in [0.25, 0.3) is 0 Å². The number of rotatable bonds is 0. The largest absolute Gasteiger partial charge is 0.412 e. The molecule has 0 saturated carbocycles. The van der Waals surface area contributed by atoms with Crippen LogP contribution in [0.3, 0.4) is 0 Å².